The molecule has 1 aliphatic heterocycles. The molecule has 0 amide bonds. The third-order valence-electron chi connectivity index (χ3n) is 2.79. The predicted molar refractivity (Wildman–Crippen MR) is 60.7 cm³/mol. The van der Waals surface area contributed by atoms with Crippen molar-refractivity contribution in [1.29, 1.82) is 0 Å². The Labute approximate surface area is 92.3 Å². The van der Waals surface area contributed by atoms with Gasteiger partial charge in [-0.1, -0.05) is 13.8 Å². The first-order valence-corrected chi connectivity index (χ1v) is 5.83. The lowest BCUT2D eigenvalue weighted by Crippen LogP contribution is -2.53. The average molecular weight is 216 g/mol. The summed E-state index contributed by atoms with van der Waals surface area (Å²) in [7, 11) is 0. The largest absolute Gasteiger partial charge is 0.395 e. The van der Waals surface area contributed by atoms with Gasteiger partial charge in [-0.15, -0.1) is 0 Å². The molecule has 4 nitrogen and oxygen atoms in total. The second kappa shape index (κ2) is 6.43. The van der Waals surface area contributed by atoms with Gasteiger partial charge in [0.05, 0.1) is 19.3 Å². The topological polar surface area (TPSA) is 55.7 Å². The minimum Gasteiger partial charge on any atom is -0.395 e. The van der Waals surface area contributed by atoms with Crippen molar-refractivity contribution < 1.29 is 10.2 Å². The highest BCUT2D eigenvalue weighted by Crippen LogP contribution is 2.16. The third kappa shape index (κ3) is 4.47. The van der Waals surface area contributed by atoms with Gasteiger partial charge in [-0.05, 0) is 11.8 Å². The van der Waals surface area contributed by atoms with Crippen LogP contribution in [-0.4, -0.2) is 60.5 Å². The van der Waals surface area contributed by atoms with Crippen LogP contribution in [0.15, 0.2) is 0 Å². The minimum absolute atomic E-state index is 0.0128. The zero-order valence-corrected chi connectivity index (χ0v) is 9.82. The summed E-state index contributed by atoms with van der Waals surface area (Å²) in [5.41, 5.74) is 0. The molecule has 1 heterocycles. The average Bonchev–Trinajstić information content (AvgIpc) is 2.14. The Morgan fingerprint density at radius 3 is 2.33 bits per heavy atom. The van der Waals surface area contributed by atoms with Crippen molar-refractivity contribution in [2.24, 2.45) is 11.8 Å². The van der Waals surface area contributed by atoms with Gasteiger partial charge in [-0.2, -0.15) is 0 Å². The Morgan fingerprint density at radius 1 is 1.27 bits per heavy atom. The van der Waals surface area contributed by atoms with Crippen LogP contribution in [0.5, 0.6) is 0 Å². The summed E-state index contributed by atoms with van der Waals surface area (Å²) in [6, 6.07) is -0.149. The lowest BCUT2D eigenvalue weighted by Gasteiger charge is -2.40. The van der Waals surface area contributed by atoms with Gasteiger partial charge in [-0.3, -0.25) is 0 Å². The van der Waals surface area contributed by atoms with E-state index in [0.29, 0.717) is 5.92 Å². The molecule has 1 aliphatic rings. The van der Waals surface area contributed by atoms with E-state index in [2.05, 4.69) is 24.1 Å². The SMILES string of the molecule is CC(C)CN1CC(CNC(CO)CO)C1. The van der Waals surface area contributed by atoms with Crippen molar-refractivity contribution in [2.45, 2.75) is 19.9 Å². The molecule has 0 unspecified atom stereocenters. The fourth-order valence-electron chi connectivity index (χ4n) is 1.99. The number of nitrogens with zero attached hydrogens (tertiary/aromatic N) is 1. The lowest BCUT2D eigenvalue weighted by atomic mass is 9.98. The Bertz CT molecular complexity index is 166. The van der Waals surface area contributed by atoms with E-state index in [1.807, 2.05) is 0 Å². The van der Waals surface area contributed by atoms with E-state index < -0.39 is 0 Å². The van der Waals surface area contributed by atoms with Crippen molar-refractivity contribution in [2.75, 3.05) is 39.4 Å². The number of aliphatic hydroxyl groups excluding tert-OH is 2. The van der Waals surface area contributed by atoms with E-state index in [-0.39, 0.29) is 19.3 Å². The van der Waals surface area contributed by atoms with E-state index >= 15 is 0 Å². The van der Waals surface area contributed by atoms with Gasteiger partial charge in [0.15, 0.2) is 0 Å². The molecule has 1 rings (SSSR count). The third-order valence-corrected chi connectivity index (χ3v) is 2.79. The maximum atomic E-state index is 8.87. The maximum Gasteiger partial charge on any atom is 0.0607 e. The second-order valence-electron chi connectivity index (χ2n) is 4.95. The standard InChI is InChI=1S/C11H24N2O2/c1-9(2)4-13-5-10(6-13)3-12-11(7-14)8-15/h9-12,14-15H,3-8H2,1-2H3. The first-order chi connectivity index (χ1) is 7.15. The van der Waals surface area contributed by atoms with Crippen molar-refractivity contribution in [1.82, 2.24) is 10.2 Å². The smallest absolute Gasteiger partial charge is 0.0607 e. The van der Waals surface area contributed by atoms with Gasteiger partial charge in [0.1, 0.15) is 0 Å². The Morgan fingerprint density at radius 2 is 1.87 bits per heavy atom. The molecule has 0 aromatic rings. The summed E-state index contributed by atoms with van der Waals surface area (Å²) >= 11 is 0. The second-order valence-corrected chi connectivity index (χ2v) is 4.95. The highest BCUT2D eigenvalue weighted by Gasteiger charge is 2.26. The monoisotopic (exact) mass is 216 g/mol. The van der Waals surface area contributed by atoms with Crippen molar-refractivity contribution in [3.8, 4) is 0 Å². The van der Waals surface area contributed by atoms with Gasteiger partial charge in [-0.25, -0.2) is 0 Å². The predicted octanol–water partition coefficient (Wildman–Crippen LogP) is -0.483. The van der Waals surface area contributed by atoms with Crippen LogP contribution in [0.4, 0.5) is 0 Å². The van der Waals surface area contributed by atoms with E-state index in [0.717, 1.165) is 25.6 Å². The Hall–Kier alpha value is -0.160. The molecule has 90 valence electrons. The molecule has 0 spiro atoms. The summed E-state index contributed by atoms with van der Waals surface area (Å²) in [6.45, 7) is 8.87. The first-order valence-electron chi connectivity index (χ1n) is 5.83. The molecule has 0 aromatic carbocycles. The van der Waals surface area contributed by atoms with Gasteiger partial charge in [0.25, 0.3) is 0 Å². The van der Waals surface area contributed by atoms with E-state index in [1.165, 1.54) is 6.54 Å². The molecule has 4 heteroatoms. The highest BCUT2D eigenvalue weighted by molar-refractivity contribution is 4.82. The minimum atomic E-state index is -0.149. The van der Waals surface area contributed by atoms with Crippen molar-refractivity contribution in [3.63, 3.8) is 0 Å². The number of likely N-dealkylation sites (tertiary alicyclic amines) is 1. The molecule has 1 saturated heterocycles. The number of hydrogen-bond acceptors (Lipinski definition) is 4. The zero-order valence-electron chi connectivity index (χ0n) is 9.82. The molecule has 0 aromatic heterocycles. The van der Waals surface area contributed by atoms with Crippen LogP contribution in [-0.2, 0) is 0 Å². The molecule has 1 fully saturated rings. The fourth-order valence-corrected chi connectivity index (χ4v) is 1.99. The quantitative estimate of drug-likeness (QED) is 0.538. The van der Waals surface area contributed by atoms with E-state index in [9.17, 15) is 0 Å². The van der Waals surface area contributed by atoms with Crippen LogP contribution in [0.25, 0.3) is 0 Å². The van der Waals surface area contributed by atoms with Gasteiger partial charge in [0, 0.05) is 26.2 Å². The number of rotatable bonds is 7. The summed E-state index contributed by atoms with van der Waals surface area (Å²) in [5.74, 6) is 1.42. The van der Waals surface area contributed by atoms with Crippen LogP contribution >= 0.6 is 0 Å². The molecule has 15 heavy (non-hydrogen) atoms. The number of hydrogen-bond donors (Lipinski definition) is 3. The summed E-state index contributed by atoms with van der Waals surface area (Å²) in [5, 5.41) is 20.9. The van der Waals surface area contributed by atoms with Crippen LogP contribution < -0.4 is 5.32 Å². The van der Waals surface area contributed by atoms with Crippen molar-refractivity contribution >= 4 is 0 Å². The Kier molecular flexibility index (Phi) is 5.53. The number of aliphatic hydroxyl groups is 2. The van der Waals surface area contributed by atoms with E-state index in [1.54, 1.807) is 0 Å². The van der Waals surface area contributed by atoms with Gasteiger partial charge in [0.2, 0.25) is 0 Å². The molecule has 0 atom stereocenters. The van der Waals surface area contributed by atoms with E-state index in [4.69, 9.17) is 10.2 Å². The molecular weight excluding hydrogens is 192 g/mol. The van der Waals surface area contributed by atoms with Crippen molar-refractivity contribution in [3.05, 3.63) is 0 Å². The highest BCUT2D eigenvalue weighted by atomic mass is 16.3. The molecule has 0 bridgehead atoms. The van der Waals surface area contributed by atoms with Crippen LogP contribution in [0.1, 0.15) is 13.8 Å². The van der Waals surface area contributed by atoms with Crippen LogP contribution in [0, 0.1) is 11.8 Å². The normalized spacial score (nSPS) is 18.8. The van der Waals surface area contributed by atoms with Gasteiger partial charge >= 0.3 is 0 Å². The molecule has 0 saturated carbocycles. The summed E-state index contributed by atoms with van der Waals surface area (Å²) < 4.78 is 0. The lowest BCUT2D eigenvalue weighted by molar-refractivity contribution is 0.0781. The molecule has 3 N–H and O–H groups in total. The number of nitrogens with one attached hydrogen (secondary N) is 1. The molecule has 0 radical (unpaired) electrons. The van der Waals surface area contributed by atoms with Crippen LogP contribution in [0.2, 0.25) is 0 Å². The summed E-state index contributed by atoms with van der Waals surface area (Å²) in [4.78, 5) is 2.45. The fraction of sp³-hybridized carbons (Fsp3) is 1.00. The Balaban J connectivity index is 2.02. The maximum absolute atomic E-state index is 8.87. The molecule has 0 aliphatic carbocycles. The van der Waals surface area contributed by atoms with Crippen LogP contribution in [0.3, 0.4) is 0 Å². The zero-order chi connectivity index (χ0) is 11.3. The summed E-state index contributed by atoms with van der Waals surface area (Å²) in [6.07, 6.45) is 0. The first kappa shape index (κ1) is 12.9. The molecular formula is C11H24N2O2. The van der Waals surface area contributed by atoms with Gasteiger partial charge < -0.3 is 20.4 Å².